The van der Waals surface area contributed by atoms with Gasteiger partial charge in [-0.25, -0.2) is 19.2 Å². The lowest BCUT2D eigenvalue weighted by Crippen LogP contribution is -2.04. The third kappa shape index (κ3) is 14.3. The minimum atomic E-state index is -0.523. The molecule has 0 bridgehead atoms. The van der Waals surface area contributed by atoms with E-state index < -0.39 is 23.9 Å². The lowest BCUT2D eigenvalue weighted by molar-refractivity contribution is -0.141. The molecule has 0 amide bonds. The SMILES string of the molecule is CC(=O)ON=C(C)c1ccc(-n2c3ccc(C(=O)c4ccc(SCc5ccc(CSc6ccc(C(=O)c7ccc8c(c7)c7cc(C(C)=NOC(C)=O)ccc7n8-c7ccc(C(C)=NOC(C)=O)cc7)c(C)c6)cc5)cc4C)cc3c3cc(C(C)=NOC(C)=O)ccc32)cc1. The highest BCUT2D eigenvalue weighted by Crippen LogP contribution is 2.38. The Bertz CT molecular complexity index is 4710. The highest BCUT2D eigenvalue weighted by molar-refractivity contribution is 7.98. The molecule has 94 heavy (non-hydrogen) atoms. The van der Waals surface area contributed by atoms with Crippen molar-refractivity contribution in [2.24, 2.45) is 20.6 Å². The zero-order chi connectivity index (χ0) is 66.5. The molecular weight excluding hydrogens is 1220 g/mol. The average Bonchev–Trinajstić information content (AvgIpc) is 1.59. The van der Waals surface area contributed by atoms with E-state index in [9.17, 15) is 28.8 Å². The van der Waals surface area contributed by atoms with Crippen LogP contribution < -0.4 is 0 Å². The molecule has 0 radical (unpaired) electrons. The maximum Gasteiger partial charge on any atom is 0.331 e. The zero-order valence-corrected chi connectivity index (χ0v) is 54.9. The van der Waals surface area contributed by atoms with Gasteiger partial charge < -0.3 is 28.5 Å². The van der Waals surface area contributed by atoms with E-state index in [2.05, 4.69) is 66.2 Å². The van der Waals surface area contributed by atoms with E-state index in [1.54, 1.807) is 51.2 Å². The van der Waals surface area contributed by atoms with Crippen molar-refractivity contribution in [3.63, 3.8) is 0 Å². The first kappa shape index (κ1) is 64.7. The van der Waals surface area contributed by atoms with Gasteiger partial charge in [0, 0.05) is 104 Å². The van der Waals surface area contributed by atoms with Crippen LogP contribution in [0.25, 0.3) is 55.0 Å². The summed E-state index contributed by atoms with van der Waals surface area (Å²) in [6.07, 6.45) is 0. The Morgan fingerprint density at radius 3 is 0.904 bits per heavy atom. The van der Waals surface area contributed by atoms with Gasteiger partial charge in [-0.2, -0.15) is 0 Å². The second kappa shape index (κ2) is 28.0. The van der Waals surface area contributed by atoms with Gasteiger partial charge >= 0.3 is 23.9 Å². The number of carbonyl (C=O) groups is 6. The van der Waals surface area contributed by atoms with Gasteiger partial charge in [0.25, 0.3) is 0 Å². The number of aromatic nitrogens is 2. The second-order valence-corrected chi connectivity index (χ2v) is 24.8. The van der Waals surface area contributed by atoms with Crippen molar-refractivity contribution >= 4 is 125 Å². The van der Waals surface area contributed by atoms with Crippen molar-refractivity contribution in [2.75, 3.05) is 0 Å². The predicted octanol–water partition coefficient (Wildman–Crippen LogP) is 16.7. The van der Waals surface area contributed by atoms with Crippen LogP contribution in [0.2, 0.25) is 0 Å². The molecule has 11 rings (SSSR count). The summed E-state index contributed by atoms with van der Waals surface area (Å²) in [4.78, 5) is 96.7. The predicted molar refractivity (Wildman–Crippen MR) is 372 cm³/mol. The number of aryl methyl sites for hydroxylation is 2. The van der Waals surface area contributed by atoms with Gasteiger partial charge in [0.1, 0.15) is 0 Å². The van der Waals surface area contributed by atoms with Crippen LogP contribution in [0.5, 0.6) is 0 Å². The van der Waals surface area contributed by atoms with Crippen LogP contribution in [0, 0.1) is 13.8 Å². The number of hydrogen-bond donors (Lipinski definition) is 0. The molecule has 0 saturated heterocycles. The van der Waals surface area contributed by atoms with Gasteiger partial charge in [0.15, 0.2) is 11.6 Å². The Hall–Kier alpha value is -10.8. The molecule has 0 saturated carbocycles. The number of thioether (sulfide) groups is 2. The van der Waals surface area contributed by atoms with E-state index in [-0.39, 0.29) is 11.6 Å². The number of carbonyl (C=O) groups excluding carboxylic acids is 6. The highest BCUT2D eigenvalue weighted by Gasteiger charge is 2.22. The first-order chi connectivity index (χ1) is 45.2. The van der Waals surface area contributed by atoms with E-state index in [1.807, 2.05) is 159 Å². The number of benzene rings is 9. The molecule has 9 aromatic carbocycles. The van der Waals surface area contributed by atoms with Gasteiger partial charge in [-0.1, -0.05) is 81.3 Å². The number of hydrogen-bond acceptors (Lipinski definition) is 16. The Morgan fingerprint density at radius 1 is 0.330 bits per heavy atom. The quantitative estimate of drug-likeness (QED) is 0.0230. The third-order valence-electron chi connectivity index (χ3n) is 15.9. The first-order valence-electron chi connectivity index (χ1n) is 30.1. The third-order valence-corrected chi connectivity index (χ3v) is 18.1. The van der Waals surface area contributed by atoms with Crippen molar-refractivity contribution in [1.82, 2.24) is 9.13 Å². The smallest absolute Gasteiger partial charge is 0.318 e. The van der Waals surface area contributed by atoms with Crippen molar-refractivity contribution < 1.29 is 48.1 Å². The molecule has 0 aliphatic heterocycles. The van der Waals surface area contributed by atoms with Crippen LogP contribution >= 0.6 is 23.5 Å². The molecule has 0 unspecified atom stereocenters. The summed E-state index contributed by atoms with van der Waals surface area (Å²) in [6, 6.07) is 59.4. The molecular formula is C76H64N6O10S2. The topological polar surface area (TPSA) is 199 Å². The second-order valence-electron chi connectivity index (χ2n) is 22.7. The summed E-state index contributed by atoms with van der Waals surface area (Å²) in [5.41, 5.74) is 16.8. The molecule has 0 N–H and O–H groups in total. The highest BCUT2D eigenvalue weighted by atomic mass is 32.2. The molecule has 18 heteroatoms. The van der Waals surface area contributed by atoms with Crippen molar-refractivity contribution in [1.29, 1.82) is 0 Å². The maximum absolute atomic E-state index is 14.5. The van der Waals surface area contributed by atoms with Crippen LogP contribution in [-0.4, -0.2) is 67.4 Å². The minimum Gasteiger partial charge on any atom is -0.318 e. The van der Waals surface area contributed by atoms with Crippen LogP contribution in [-0.2, 0) is 50.0 Å². The molecule has 2 aromatic heterocycles. The first-order valence-corrected chi connectivity index (χ1v) is 32.1. The molecule has 0 aliphatic rings. The van der Waals surface area contributed by atoms with Crippen LogP contribution in [0.15, 0.2) is 212 Å². The molecule has 0 spiro atoms. The summed E-state index contributed by atoms with van der Waals surface area (Å²) >= 11 is 3.41. The molecule has 0 atom stereocenters. The number of oxime groups is 4. The molecule has 11 aromatic rings. The van der Waals surface area contributed by atoms with Gasteiger partial charge in [0.05, 0.1) is 44.9 Å². The van der Waals surface area contributed by atoms with Gasteiger partial charge in [-0.3, -0.25) is 9.59 Å². The average molecular weight is 1290 g/mol. The van der Waals surface area contributed by atoms with Gasteiger partial charge in [-0.05, 0) is 207 Å². The normalized spacial score (nSPS) is 12.2. The Kier molecular flexibility index (Phi) is 19.2. The number of nitrogens with zero attached hydrogens (tertiary/aromatic N) is 6. The number of rotatable bonds is 20. The number of fused-ring (bicyclic) bond motifs is 6. The summed E-state index contributed by atoms with van der Waals surface area (Å²) in [6.45, 7) is 16.2. The molecule has 0 aliphatic carbocycles. The van der Waals surface area contributed by atoms with Crippen LogP contribution in [0.1, 0.15) is 132 Å². The van der Waals surface area contributed by atoms with Crippen molar-refractivity contribution in [3.05, 3.63) is 249 Å². The van der Waals surface area contributed by atoms with E-state index in [1.165, 1.54) is 27.7 Å². The standard InChI is InChI=1S/C76H64N6O10S2/c1-43-35-63(27-29-65(43)75(87)59-21-33-73-69(39-59)67-37-57(47(5)79-91-51(9)85)19-31-71(67)81(73)61-23-15-55(16-24-61)45(3)77-89-49(7)83)93-41-53-11-13-54(14-12-53)42-94-64-28-30-66(44(2)36-64)76(88)60-22-34-74-70(40-60)68-38-58(48(6)80-92-52(10)86)20-32-72(68)82(74)62-25-17-56(18-26-62)46(4)78-90-50(8)84/h11-40H,41-42H2,1-10H3. The van der Waals surface area contributed by atoms with E-state index in [4.69, 9.17) is 19.4 Å². The zero-order valence-electron chi connectivity index (χ0n) is 53.3. The number of ketones is 2. The largest absolute Gasteiger partial charge is 0.331 e. The Labute approximate surface area is 550 Å². The monoisotopic (exact) mass is 1280 g/mol. The summed E-state index contributed by atoms with van der Waals surface area (Å²) < 4.78 is 4.25. The van der Waals surface area contributed by atoms with Gasteiger partial charge in [-0.15, -0.1) is 23.5 Å². The van der Waals surface area contributed by atoms with Crippen LogP contribution in [0.3, 0.4) is 0 Å². The van der Waals surface area contributed by atoms with Gasteiger partial charge in [0.2, 0.25) is 0 Å². The lowest BCUT2D eigenvalue weighted by Gasteiger charge is -2.11. The molecule has 16 nitrogen and oxygen atoms in total. The molecule has 470 valence electrons. The fourth-order valence-corrected chi connectivity index (χ4v) is 13.0. The minimum absolute atomic E-state index is 0.100. The molecule has 0 fully saturated rings. The summed E-state index contributed by atoms with van der Waals surface area (Å²) in [5.74, 6) is -0.782. The Morgan fingerprint density at radius 2 is 0.606 bits per heavy atom. The van der Waals surface area contributed by atoms with Crippen molar-refractivity contribution in [3.8, 4) is 11.4 Å². The fourth-order valence-electron chi connectivity index (χ4n) is 11.1. The maximum atomic E-state index is 14.5. The molecule has 2 heterocycles. The Balaban J connectivity index is 0.757. The fraction of sp³-hybridized carbons (Fsp3) is 0.158. The summed E-state index contributed by atoms with van der Waals surface area (Å²) in [5, 5.41) is 19.4. The lowest BCUT2D eigenvalue weighted by atomic mass is 9.97. The van der Waals surface area contributed by atoms with E-state index in [0.717, 1.165) is 121 Å². The van der Waals surface area contributed by atoms with E-state index in [0.29, 0.717) is 45.1 Å². The van der Waals surface area contributed by atoms with Crippen LogP contribution in [0.4, 0.5) is 0 Å². The van der Waals surface area contributed by atoms with E-state index >= 15 is 0 Å². The van der Waals surface area contributed by atoms with Crippen molar-refractivity contribution in [2.45, 2.75) is 90.5 Å². The summed E-state index contributed by atoms with van der Waals surface area (Å²) in [7, 11) is 0.